The van der Waals surface area contributed by atoms with Crippen molar-refractivity contribution >= 4 is 23.2 Å². The van der Waals surface area contributed by atoms with Crippen LogP contribution in [0, 0.1) is 0 Å². The molecule has 0 fully saturated rings. The Labute approximate surface area is 128 Å². The second-order valence-corrected chi connectivity index (χ2v) is 5.65. The van der Waals surface area contributed by atoms with Crippen molar-refractivity contribution in [3.8, 4) is 0 Å². The van der Waals surface area contributed by atoms with Crippen LogP contribution in [0.25, 0.3) is 0 Å². The van der Waals surface area contributed by atoms with Crippen molar-refractivity contribution in [1.29, 1.82) is 0 Å². The van der Waals surface area contributed by atoms with Crippen LogP contribution in [0.5, 0.6) is 0 Å². The van der Waals surface area contributed by atoms with E-state index < -0.39 is 0 Å². The van der Waals surface area contributed by atoms with Gasteiger partial charge in [0, 0.05) is 12.5 Å². The van der Waals surface area contributed by atoms with Crippen molar-refractivity contribution in [2.24, 2.45) is 5.73 Å². The van der Waals surface area contributed by atoms with Crippen LogP contribution in [0.4, 0.5) is 0 Å². The van der Waals surface area contributed by atoms with Crippen molar-refractivity contribution in [3.05, 3.63) is 45.5 Å². The number of halogens is 2. The molecule has 0 radical (unpaired) electrons. The summed E-state index contributed by atoms with van der Waals surface area (Å²) in [5.74, 6) is 1.25. The van der Waals surface area contributed by atoms with Crippen molar-refractivity contribution in [1.82, 2.24) is 10.1 Å². The van der Waals surface area contributed by atoms with Gasteiger partial charge in [0.1, 0.15) is 0 Å². The molecule has 2 unspecified atom stereocenters. The fourth-order valence-electron chi connectivity index (χ4n) is 1.89. The summed E-state index contributed by atoms with van der Waals surface area (Å²) in [7, 11) is 0. The van der Waals surface area contributed by atoms with E-state index in [4.69, 9.17) is 33.5 Å². The highest BCUT2D eigenvalue weighted by Gasteiger charge is 2.19. The van der Waals surface area contributed by atoms with Gasteiger partial charge in [-0.25, -0.2) is 0 Å². The molecule has 1 aromatic heterocycles. The van der Waals surface area contributed by atoms with Gasteiger partial charge in [0.05, 0.1) is 16.0 Å². The van der Waals surface area contributed by atoms with E-state index in [-0.39, 0.29) is 12.0 Å². The summed E-state index contributed by atoms with van der Waals surface area (Å²) in [5, 5.41) is 5.04. The van der Waals surface area contributed by atoms with E-state index in [0.29, 0.717) is 28.2 Å². The molecule has 2 N–H and O–H groups in total. The van der Waals surface area contributed by atoms with Crippen molar-refractivity contribution in [3.63, 3.8) is 0 Å². The molecule has 0 saturated heterocycles. The van der Waals surface area contributed by atoms with E-state index in [9.17, 15) is 0 Å². The molecule has 0 aliphatic carbocycles. The van der Waals surface area contributed by atoms with Crippen LogP contribution in [0.2, 0.25) is 10.0 Å². The Morgan fingerprint density at radius 2 is 2.05 bits per heavy atom. The normalized spacial score (nSPS) is 14.2. The van der Waals surface area contributed by atoms with Crippen LogP contribution in [-0.2, 0) is 6.42 Å². The SMILES string of the molecule is CCC(N)C(C)c1nc(Cc2ccc(Cl)c(Cl)c2)no1. The van der Waals surface area contributed by atoms with E-state index in [0.717, 1.165) is 12.0 Å². The maximum Gasteiger partial charge on any atom is 0.231 e. The van der Waals surface area contributed by atoms with Crippen LogP contribution in [0.1, 0.15) is 43.5 Å². The summed E-state index contributed by atoms with van der Waals surface area (Å²) in [4.78, 5) is 4.39. The maximum absolute atomic E-state index is 5.99. The largest absolute Gasteiger partial charge is 0.339 e. The van der Waals surface area contributed by atoms with Gasteiger partial charge in [0.15, 0.2) is 5.82 Å². The lowest BCUT2D eigenvalue weighted by Crippen LogP contribution is -2.25. The number of hydrogen-bond donors (Lipinski definition) is 1. The van der Waals surface area contributed by atoms with Gasteiger partial charge >= 0.3 is 0 Å². The molecule has 1 aromatic carbocycles. The minimum atomic E-state index is 0.0216. The van der Waals surface area contributed by atoms with Crippen LogP contribution in [0.15, 0.2) is 22.7 Å². The van der Waals surface area contributed by atoms with Crippen LogP contribution >= 0.6 is 23.2 Å². The Morgan fingerprint density at radius 3 is 2.70 bits per heavy atom. The lowest BCUT2D eigenvalue weighted by molar-refractivity contribution is 0.337. The predicted molar refractivity (Wildman–Crippen MR) is 80.2 cm³/mol. The Bertz CT molecular complexity index is 586. The van der Waals surface area contributed by atoms with E-state index in [1.54, 1.807) is 12.1 Å². The summed E-state index contributed by atoms with van der Waals surface area (Å²) in [5.41, 5.74) is 6.97. The van der Waals surface area contributed by atoms with Gasteiger partial charge < -0.3 is 10.3 Å². The first kappa shape index (κ1) is 15.3. The molecule has 20 heavy (non-hydrogen) atoms. The molecule has 2 rings (SSSR count). The predicted octanol–water partition coefficient (Wildman–Crippen LogP) is 3.81. The number of benzene rings is 1. The molecule has 6 heteroatoms. The quantitative estimate of drug-likeness (QED) is 0.911. The molecule has 0 saturated carbocycles. The summed E-state index contributed by atoms with van der Waals surface area (Å²) in [6.07, 6.45) is 1.42. The lowest BCUT2D eigenvalue weighted by Gasteiger charge is -2.13. The highest BCUT2D eigenvalue weighted by atomic mass is 35.5. The highest BCUT2D eigenvalue weighted by molar-refractivity contribution is 6.42. The van der Waals surface area contributed by atoms with E-state index in [1.165, 1.54) is 0 Å². The molecule has 0 aliphatic heterocycles. The molecule has 0 spiro atoms. The first-order valence-corrected chi connectivity index (χ1v) is 7.28. The molecular weight excluding hydrogens is 297 g/mol. The lowest BCUT2D eigenvalue weighted by atomic mass is 10.0. The number of rotatable bonds is 5. The van der Waals surface area contributed by atoms with Crippen molar-refractivity contribution in [2.75, 3.05) is 0 Å². The molecule has 2 aromatic rings. The monoisotopic (exact) mass is 313 g/mol. The topological polar surface area (TPSA) is 64.9 Å². The summed E-state index contributed by atoms with van der Waals surface area (Å²) in [6.45, 7) is 4.03. The maximum atomic E-state index is 5.99. The molecule has 2 atom stereocenters. The van der Waals surface area contributed by atoms with Gasteiger partial charge in [-0.3, -0.25) is 0 Å². The third kappa shape index (κ3) is 3.51. The zero-order valence-electron chi connectivity index (χ0n) is 11.4. The average molecular weight is 314 g/mol. The Balaban J connectivity index is 2.11. The van der Waals surface area contributed by atoms with E-state index in [2.05, 4.69) is 10.1 Å². The fourth-order valence-corrected chi connectivity index (χ4v) is 2.21. The third-order valence-corrected chi connectivity index (χ3v) is 4.07. The number of aromatic nitrogens is 2. The summed E-state index contributed by atoms with van der Waals surface area (Å²) in [6, 6.07) is 5.48. The number of nitrogens with zero attached hydrogens (tertiary/aromatic N) is 2. The molecule has 108 valence electrons. The fraction of sp³-hybridized carbons (Fsp3) is 0.429. The van der Waals surface area contributed by atoms with Gasteiger partial charge in [-0.15, -0.1) is 0 Å². The van der Waals surface area contributed by atoms with Gasteiger partial charge in [-0.1, -0.05) is 48.3 Å². The van der Waals surface area contributed by atoms with Gasteiger partial charge in [-0.05, 0) is 24.1 Å². The molecule has 0 bridgehead atoms. The average Bonchev–Trinajstić information content (AvgIpc) is 2.89. The summed E-state index contributed by atoms with van der Waals surface area (Å²) >= 11 is 11.9. The molecule has 1 heterocycles. The zero-order chi connectivity index (χ0) is 14.7. The minimum Gasteiger partial charge on any atom is -0.339 e. The standard InChI is InChI=1S/C14H17Cl2N3O/c1-3-12(17)8(2)14-18-13(19-20-14)7-9-4-5-10(15)11(16)6-9/h4-6,8,12H,3,7,17H2,1-2H3. The number of hydrogen-bond acceptors (Lipinski definition) is 4. The van der Waals surface area contributed by atoms with Crippen LogP contribution in [0.3, 0.4) is 0 Å². The van der Waals surface area contributed by atoms with E-state index >= 15 is 0 Å². The Hall–Kier alpha value is -1.10. The smallest absolute Gasteiger partial charge is 0.231 e. The Kier molecular flexibility index (Phi) is 5.02. The molecule has 0 aliphatic rings. The van der Waals surface area contributed by atoms with E-state index in [1.807, 2.05) is 19.9 Å². The van der Waals surface area contributed by atoms with Crippen molar-refractivity contribution in [2.45, 2.75) is 38.6 Å². The third-order valence-electron chi connectivity index (χ3n) is 3.33. The number of nitrogens with two attached hydrogens (primary N) is 1. The first-order chi connectivity index (χ1) is 9.51. The van der Waals surface area contributed by atoms with Gasteiger partial charge in [-0.2, -0.15) is 4.98 Å². The molecule has 0 amide bonds. The molecular formula is C14H17Cl2N3O. The molecule has 4 nitrogen and oxygen atoms in total. The van der Waals surface area contributed by atoms with Gasteiger partial charge in [0.2, 0.25) is 5.89 Å². The van der Waals surface area contributed by atoms with Crippen LogP contribution < -0.4 is 5.73 Å². The Morgan fingerprint density at radius 1 is 1.30 bits per heavy atom. The summed E-state index contributed by atoms with van der Waals surface area (Å²) < 4.78 is 5.28. The zero-order valence-corrected chi connectivity index (χ0v) is 12.9. The second-order valence-electron chi connectivity index (χ2n) is 4.83. The van der Waals surface area contributed by atoms with Gasteiger partial charge in [0.25, 0.3) is 0 Å². The highest BCUT2D eigenvalue weighted by Crippen LogP contribution is 2.24. The minimum absolute atomic E-state index is 0.0216. The van der Waals surface area contributed by atoms with Crippen molar-refractivity contribution < 1.29 is 4.52 Å². The first-order valence-electron chi connectivity index (χ1n) is 6.53. The van der Waals surface area contributed by atoms with Crippen LogP contribution in [-0.4, -0.2) is 16.2 Å². The second kappa shape index (κ2) is 6.57.